The van der Waals surface area contributed by atoms with Gasteiger partial charge >= 0.3 is 5.69 Å². The van der Waals surface area contributed by atoms with Crippen LogP contribution >= 0.6 is 11.3 Å². The average Bonchev–Trinajstić information content (AvgIpc) is 2.90. The highest BCUT2D eigenvalue weighted by Gasteiger charge is 2.16. The molecule has 0 aliphatic rings. The number of nitrogens with one attached hydrogen (secondary N) is 2. The molecule has 0 bridgehead atoms. The molecule has 4 N–H and O–H groups in total. The monoisotopic (exact) mass is 280 g/mol. The quantitative estimate of drug-likeness (QED) is 0.786. The van der Waals surface area contributed by atoms with E-state index in [2.05, 4.69) is 10.3 Å². The Morgan fingerprint density at radius 2 is 2.26 bits per heavy atom. The van der Waals surface area contributed by atoms with Gasteiger partial charge in [0.2, 0.25) is 0 Å². The van der Waals surface area contributed by atoms with Crippen molar-refractivity contribution in [3.8, 4) is 0 Å². The van der Waals surface area contributed by atoms with Gasteiger partial charge in [0, 0.05) is 11.9 Å². The van der Waals surface area contributed by atoms with Crippen LogP contribution in [0.3, 0.4) is 0 Å². The molecule has 2 aromatic heterocycles. The molecule has 0 aliphatic carbocycles. The average molecular weight is 280 g/mol. The van der Waals surface area contributed by atoms with Gasteiger partial charge in [0.1, 0.15) is 11.5 Å². The lowest BCUT2D eigenvalue weighted by Gasteiger charge is -2.18. The Bertz CT molecular complexity index is 672. The van der Waals surface area contributed by atoms with Crippen molar-refractivity contribution in [2.45, 2.75) is 19.4 Å². The first kappa shape index (κ1) is 13.4. The molecule has 2 heterocycles. The van der Waals surface area contributed by atoms with Crippen molar-refractivity contribution in [2.75, 3.05) is 11.1 Å². The minimum atomic E-state index is -0.516. The Morgan fingerprint density at radius 1 is 1.53 bits per heavy atom. The number of nitrogens with zero attached hydrogens (tertiary/aromatic N) is 1. The number of aromatic nitrogens is 2. The molecule has 102 valence electrons. The highest BCUT2D eigenvalue weighted by Crippen LogP contribution is 2.26. The Morgan fingerprint density at radius 3 is 2.84 bits per heavy atom. The van der Waals surface area contributed by atoms with Gasteiger partial charge in [-0.2, -0.15) is 0 Å². The molecule has 2 rings (SSSR count). The van der Waals surface area contributed by atoms with Gasteiger partial charge in [-0.3, -0.25) is 14.3 Å². The molecule has 0 saturated heterocycles. The van der Waals surface area contributed by atoms with E-state index in [-0.39, 0.29) is 17.5 Å². The lowest BCUT2D eigenvalue weighted by molar-refractivity contribution is 0.750. The zero-order valence-electron chi connectivity index (χ0n) is 10.8. The van der Waals surface area contributed by atoms with Gasteiger partial charge in [-0.1, -0.05) is 13.0 Å². The number of anilines is 2. The third-order valence-corrected chi connectivity index (χ3v) is 3.97. The largest absolute Gasteiger partial charge is 0.383 e. The standard InChI is InChI=1S/C12H16N4O2S/c1-3-7(8-5-4-6-19-8)14-9-10(13)16(2)12(18)15-11(9)17/h4-7,14H,3,13H2,1-2H3,(H,15,17,18). The highest BCUT2D eigenvalue weighted by atomic mass is 32.1. The van der Waals surface area contributed by atoms with E-state index in [4.69, 9.17) is 5.73 Å². The van der Waals surface area contributed by atoms with Gasteiger partial charge < -0.3 is 11.1 Å². The Kier molecular flexibility index (Phi) is 3.75. The Labute approximate surface area is 113 Å². The maximum absolute atomic E-state index is 11.8. The van der Waals surface area contributed by atoms with E-state index in [1.807, 2.05) is 24.4 Å². The normalized spacial score (nSPS) is 12.3. The molecule has 0 spiro atoms. The second kappa shape index (κ2) is 5.31. The first-order valence-electron chi connectivity index (χ1n) is 5.93. The molecular formula is C12H16N4O2S. The SMILES string of the molecule is CCC(Nc1c(N)n(C)c(=O)[nH]c1=O)c1cccs1. The minimum absolute atomic E-state index is 0.000835. The van der Waals surface area contributed by atoms with E-state index in [1.54, 1.807) is 11.3 Å². The third kappa shape index (κ3) is 2.55. The number of thiophene rings is 1. The van der Waals surface area contributed by atoms with E-state index in [1.165, 1.54) is 11.6 Å². The zero-order valence-corrected chi connectivity index (χ0v) is 11.6. The van der Waals surface area contributed by atoms with Crippen molar-refractivity contribution in [2.24, 2.45) is 7.05 Å². The molecule has 0 saturated carbocycles. The van der Waals surface area contributed by atoms with Crippen LogP contribution in [0.5, 0.6) is 0 Å². The summed E-state index contributed by atoms with van der Waals surface area (Å²) in [4.78, 5) is 26.6. The summed E-state index contributed by atoms with van der Waals surface area (Å²) < 4.78 is 1.21. The molecule has 0 radical (unpaired) electrons. The van der Waals surface area contributed by atoms with Crippen LogP contribution in [0.15, 0.2) is 27.1 Å². The van der Waals surface area contributed by atoms with E-state index < -0.39 is 11.2 Å². The first-order chi connectivity index (χ1) is 9.04. The van der Waals surface area contributed by atoms with Gasteiger partial charge in [-0.15, -0.1) is 11.3 Å². The second-order valence-corrected chi connectivity index (χ2v) is 5.18. The van der Waals surface area contributed by atoms with Crippen LogP contribution in [0.1, 0.15) is 24.3 Å². The number of nitrogens with two attached hydrogens (primary N) is 1. The molecule has 0 aromatic carbocycles. The molecule has 6 nitrogen and oxygen atoms in total. The molecular weight excluding hydrogens is 264 g/mol. The van der Waals surface area contributed by atoms with Crippen LogP contribution in [0.4, 0.5) is 11.5 Å². The van der Waals surface area contributed by atoms with E-state index in [9.17, 15) is 9.59 Å². The van der Waals surface area contributed by atoms with Crippen LogP contribution < -0.4 is 22.3 Å². The van der Waals surface area contributed by atoms with Gasteiger partial charge in [-0.05, 0) is 17.9 Å². The summed E-state index contributed by atoms with van der Waals surface area (Å²) in [5.41, 5.74) is 5.06. The fraction of sp³-hybridized carbons (Fsp3) is 0.333. The fourth-order valence-corrected chi connectivity index (χ4v) is 2.68. The van der Waals surface area contributed by atoms with Crippen LogP contribution in [0, 0.1) is 0 Å². The number of hydrogen-bond donors (Lipinski definition) is 3. The molecule has 0 fully saturated rings. The van der Waals surface area contributed by atoms with Gasteiger partial charge in [0.15, 0.2) is 0 Å². The zero-order chi connectivity index (χ0) is 14.0. The number of hydrogen-bond acceptors (Lipinski definition) is 5. The Balaban J connectivity index is 2.41. The molecule has 1 atom stereocenters. The predicted octanol–water partition coefficient (Wildman–Crippen LogP) is 1.28. The molecule has 7 heteroatoms. The smallest absolute Gasteiger partial charge is 0.329 e. The number of rotatable bonds is 4. The summed E-state index contributed by atoms with van der Waals surface area (Å²) in [5, 5.41) is 5.10. The maximum Gasteiger partial charge on any atom is 0.329 e. The maximum atomic E-state index is 11.8. The molecule has 0 aliphatic heterocycles. The minimum Gasteiger partial charge on any atom is -0.383 e. The van der Waals surface area contributed by atoms with Crippen molar-refractivity contribution >= 4 is 22.8 Å². The van der Waals surface area contributed by atoms with Crippen molar-refractivity contribution in [1.82, 2.24) is 9.55 Å². The highest BCUT2D eigenvalue weighted by molar-refractivity contribution is 7.10. The second-order valence-electron chi connectivity index (χ2n) is 4.20. The summed E-state index contributed by atoms with van der Waals surface area (Å²) in [6.07, 6.45) is 0.808. The predicted molar refractivity (Wildman–Crippen MR) is 77.7 cm³/mol. The van der Waals surface area contributed by atoms with Crippen molar-refractivity contribution in [3.63, 3.8) is 0 Å². The van der Waals surface area contributed by atoms with E-state index >= 15 is 0 Å². The van der Waals surface area contributed by atoms with Crippen LogP contribution in [-0.4, -0.2) is 9.55 Å². The van der Waals surface area contributed by atoms with Crippen molar-refractivity contribution in [3.05, 3.63) is 43.2 Å². The topological polar surface area (TPSA) is 92.9 Å². The van der Waals surface area contributed by atoms with Crippen molar-refractivity contribution < 1.29 is 0 Å². The van der Waals surface area contributed by atoms with E-state index in [0.29, 0.717) is 0 Å². The van der Waals surface area contributed by atoms with Crippen LogP contribution in [0.2, 0.25) is 0 Å². The lowest BCUT2D eigenvalue weighted by Crippen LogP contribution is -2.33. The van der Waals surface area contributed by atoms with Gasteiger partial charge in [0.25, 0.3) is 5.56 Å². The summed E-state index contributed by atoms with van der Waals surface area (Å²) in [6.45, 7) is 2.02. The fourth-order valence-electron chi connectivity index (χ4n) is 1.81. The summed E-state index contributed by atoms with van der Waals surface area (Å²) in [7, 11) is 1.52. The number of nitrogen functional groups attached to an aromatic ring is 1. The Hall–Kier alpha value is -2.02. The van der Waals surface area contributed by atoms with E-state index in [0.717, 1.165) is 11.3 Å². The van der Waals surface area contributed by atoms with Gasteiger partial charge in [0.05, 0.1) is 6.04 Å². The summed E-state index contributed by atoms with van der Waals surface area (Å²) >= 11 is 1.61. The lowest BCUT2D eigenvalue weighted by atomic mass is 10.2. The molecule has 0 amide bonds. The number of aromatic amines is 1. The molecule has 1 unspecified atom stereocenters. The molecule has 2 aromatic rings. The van der Waals surface area contributed by atoms with Gasteiger partial charge in [-0.25, -0.2) is 4.79 Å². The number of H-pyrrole nitrogens is 1. The summed E-state index contributed by atoms with van der Waals surface area (Å²) in [5.74, 6) is 0.142. The van der Waals surface area contributed by atoms with Crippen LogP contribution in [0.25, 0.3) is 0 Å². The first-order valence-corrected chi connectivity index (χ1v) is 6.81. The molecule has 19 heavy (non-hydrogen) atoms. The third-order valence-electron chi connectivity index (χ3n) is 2.98. The summed E-state index contributed by atoms with van der Waals surface area (Å²) in [6, 6.07) is 3.96. The van der Waals surface area contributed by atoms with Crippen molar-refractivity contribution in [1.29, 1.82) is 0 Å². The van der Waals surface area contributed by atoms with Crippen LogP contribution in [-0.2, 0) is 7.05 Å².